The van der Waals surface area contributed by atoms with Crippen LogP contribution in [0.5, 0.6) is 0 Å². The first kappa shape index (κ1) is 17.2. The number of piperazine rings is 1. The summed E-state index contributed by atoms with van der Waals surface area (Å²) >= 11 is 0. The molecular weight excluding hydrogens is 318 g/mol. The molecule has 0 aliphatic carbocycles. The Morgan fingerprint density at radius 3 is 2.84 bits per heavy atom. The predicted molar refractivity (Wildman–Crippen MR) is 94.0 cm³/mol. The monoisotopic (exact) mass is 341 g/mol. The summed E-state index contributed by atoms with van der Waals surface area (Å²) in [7, 11) is 3.67. The van der Waals surface area contributed by atoms with Crippen LogP contribution in [0.4, 0.5) is 0 Å². The Morgan fingerprint density at radius 1 is 1.28 bits per heavy atom. The summed E-state index contributed by atoms with van der Waals surface area (Å²) in [5.41, 5.74) is 1.67. The molecule has 1 saturated heterocycles. The largest absolute Gasteiger partial charge is 0.355 e. The normalized spacial score (nSPS) is 18.2. The Labute approximate surface area is 147 Å². The van der Waals surface area contributed by atoms with Crippen LogP contribution >= 0.6 is 0 Å². The van der Waals surface area contributed by atoms with E-state index in [0.717, 1.165) is 12.1 Å². The minimum absolute atomic E-state index is 0.0595. The van der Waals surface area contributed by atoms with Crippen LogP contribution in [0.2, 0.25) is 0 Å². The van der Waals surface area contributed by atoms with Crippen LogP contribution in [0.3, 0.4) is 0 Å². The van der Waals surface area contributed by atoms with E-state index in [2.05, 4.69) is 15.3 Å². The number of aromatic nitrogens is 2. The standard InChI is InChI=1S/C18H23N5O2/c1-19-18(25)15-6-3-5-14(11-15)16-12-22(10-9-21(16)2)17(24)13-23-8-4-7-20-23/h3-8,11,16H,9-10,12-13H2,1-2H3,(H,19,25)/t16-/m1/s1. The first-order chi connectivity index (χ1) is 12.1. The molecule has 1 aliphatic heterocycles. The lowest BCUT2D eigenvalue weighted by atomic mass is 10.00. The van der Waals surface area contributed by atoms with E-state index in [-0.39, 0.29) is 24.4 Å². The quantitative estimate of drug-likeness (QED) is 0.891. The van der Waals surface area contributed by atoms with Crippen molar-refractivity contribution in [2.45, 2.75) is 12.6 Å². The van der Waals surface area contributed by atoms with Gasteiger partial charge >= 0.3 is 0 Å². The van der Waals surface area contributed by atoms with Crippen molar-refractivity contribution in [3.63, 3.8) is 0 Å². The van der Waals surface area contributed by atoms with Crippen LogP contribution in [0.1, 0.15) is 22.0 Å². The van der Waals surface area contributed by atoms with Crippen LogP contribution in [0.15, 0.2) is 42.7 Å². The number of nitrogens with one attached hydrogen (secondary N) is 1. The average Bonchev–Trinajstić information content (AvgIpc) is 3.14. The molecular formula is C18H23N5O2. The summed E-state index contributed by atoms with van der Waals surface area (Å²) in [4.78, 5) is 28.5. The van der Waals surface area contributed by atoms with Gasteiger partial charge in [-0.2, -0.15) is 5.10 Å². The number of hydrogen-bond donors (Lipinski definition) is 1. The summed E-state index contributed by atoms with van der Waals surface area (Å²) in [5, 5.41) is 6.75. The second kappa shape index (κ2) is 7.48. The van der Waals surface area contributed by atoms with Gasteiger partial charge in [0.15, 0.2) is 0 Å². The Balaban J connectivity index is 1.74. The smallest absolute Gasteiger partial charge is 0.251 e. The maximum absolute atomic E-state index is 12.6. The van der Waals surface area contributed by atoms with E-state index in [9.17, 15) is 9.59 Å². The SMILES string of the molecule is CNC(=O)c1cccc([C@H]2CN(C(=O)Cn3cccn3)CCN2C)c1. The van der Waals surface area contributed by atoms with Crippen molar-refractivity contribution in [1.82, 2.24) is 24.9 Å². The molecule has 132 valence electrons. The van der Waals surface area contributed by atoms with Gasteiger partial charge in [-0.1, -0.05) is 12.1 Å². The number of rotatable bonds is 4. The molecule has 0 bridgehead atoms. The van der Waals surface area contributed by atoms with Gasteiger partial charge in [0, 0.05) is 44.6 Å². The molecule has 2 amide bonds. The summed E-state index contributed by atoms with van der Waals surface area (Å²) in [5.74, 6) is -0.0452. The summed E-state index contributed by atoms with van der Waals surface area (Å²) in [6, 6.07) is 9.48. The Morgan fingerprint density at radius 2 is 2.12 bits per heavy atom. The van der Waals surface area contributed by atoms with Gasteiger partial charge in [0.05, 0.1) is 6.04 Å². The van der Waals surface area contributed by atoms with E-state index in [4.69, 9.17) is 0 Å². The highest BCUT2D eigenvalue weighted by Gasteiger charge is 2.28. The molecule has 1 atom stereocenters. The van der Waals surface area contributed by atoms with Gasteiger partial charge in [-0.05, 0) is 30.8 Å². The molecule has 0 radical (unpaired) electrons. The van der Waals surface area contributed by atoms with Crippen molar-refractivity contribution in [3.8, 4) is 0 Å². The third-order valence-corrected chi connectivity index (χ3v) is 4.62. The number of nitrogens with zero attached hydrogens (tertiary/aromatic N) is 4. The molecule has 1 N–H and O–H groups in total. The maximum Gasteiger partial charge on any atom is 0.251 e. The number of likely N-dealkylation sites (N-methyl/N-ethyl adjacent to an activating group) is 1. The second-order valence-electron chi connectivity index (χ2n) is 6.24. The number of amides is 2. The van der Waals surface area contributed by atoms with Gasteiger partial charge in [0.25, 0.3) is 5.91 Å². The molecule has 7 heteroatoms. The Bertz CT molecular complexity index is 744. The summed E-state index contributed by atoms with van der Waals surface area (Å²) in [6.07, 6.45) is 3.46. The molecule has 3 rings (SSSR count). The molecule has 0 spiro atoms. The minimum Gasteiger partial charge on any atom is -0.355 e. The van der Waals surface area contributed by atoms with Gasteiger partial charge in [-0.25, -0.2) is 0 Å². The predicted octanol–water partition coefficient (Wildman–Crippen LogP) is 0.758. The minimum atomic E-state index is -0.105. The Kier molecular flexibility index (Phi) is 5.14. The van der Waals surface area contributed by atoms with Gasteiger partial charge in [0.2, 0.25) is 5.91 Å². The fraction of sp³-hybridized carbons (Fsp3) is 0.389. The van der Waals surface area contributed by atoms with Gasteiger partial charge in [-0.3, -0.25) is 19.2 Å². The highest BCUT2D eigenvalue weighted by atomic mass is 16.2. The molecule has 2 heterocycles. The molecule has 1 aromatic heterocycles. The van der Waals surface area contributed by atoms with E-state index in [1.807, 2.05) is 36.2 Å². The molecule has 25 heavy (non-hydrogen) atoms. The topological polar surface area (TPSA) is 70.5 Å². The van der Waals surface area contributed by atoms with E-state index < -0.39 is 0 Å². The maximum atomic E-state index is 12.6. The molecule has 1 fully saturated rings. The van der Waals surface area contributed by atoms with Crippen LogP contribution in [0.25, 0.3) is 0 Å². The lowest BCUT2D eigenvalue weighted by Gasteiger charge is -2.39. The number of benzene rings is 1. The lowest BCUT2D eigenvalue weighted by Crippen LogP contribution is -2.49. The number of carbonyl (C=O) groups is 2. The Hall–Kier alpha value is -2.67. The van der Waals surface area contributed by atoms with Crippen molar-refractivity contribution in [3.05, 3.63) is 53.9 Å². The lowest BCUT2D eigenvalue weighted by molar-refractivity contribution is -0.134. The van der Waals surface area contributed by atoms with Crippen LogP contribution in [0, 0.1) is 0 Å². The fourth-order valence-corrected chi connectivity index (χ4v) is 3.12. The molecule has 1 aromatic carbocycles. The van der Waals surface area contributed by atoms with Crippen LogP contribution in [-0.4, -0.2) is 65.1 Å². The van der Waals surface area contributed by atoms with Gasteiger partial charge in [0.1, 0.15) is 6.54 Å². The summed E-state index contributed by atoms with van der Waals surface area (Å²) < 4.78 is 1.64. The van der Waals surface area contributed by atoms with Crippen molar-refractivity contribution in [1.29, 1.82) is 0 Å². The van der Waals surface area contributed by atoms with E-state index in [0.29, 0.717) is 18.7 Å². The first-order valence-corrected chi connectivity index (χ1v) is 8.36. The van der Waals surface area contributed by atoms with E-state index >= 15 is 0 Å². The second-order valence-corrected chi connectivity index (χ2v) is 6.24. The third kappa shape index (κ3) is 3.88. The zero-order valence-corrected chi connectivity index (χ0v) is 14.6. The zero-order chi connectivity index (χ0) is 17.8. The van der Waals surface area contributed by atoms with Crippen LogP contribution < -0.4 is 5.32 Å². The highest BCUT2D eigenvalue weighted by Crippen LogP contribution is 2.25. The summed E-state index contributed by atoms with van der Waals surface area (Å²) in [6.45, 7) is 2.34. The van der Waals surface area contributed by atoms with Gasteiger partial charge in [-0.15, -0.1) is 0 Å². The van der Waals surface area contributed by atoms with Crippen molar-refractivity contribution in [2.24, 2.45) is 0 Å². The van der Waals surface area contributed by atoms with Crippen LogP contribution in [-0.2, 0) is 11.3 Å². The number of carbonyl (C=O) groups excluding carboxylic acids is 2. The van der Waals surface area contributed by atoms with Gasteiger partial charge < -0.3 is 10.2 Å². The van der Waals surface area contributed by atoms with Crippen molar-refractivity contribution < 1.29 is 9.59 Å². The molecule has 1 aliphatic rings. The third-order valence-electron chi connectivity index (χ3n) is 4.62. The first-order valence-electron chi connectivity index (χ1n) is 8.36. The van der Waals surface area contributed by atoms with E-state index in [1.165, 1.54) is 0 Å². The van der Waals surface area contributed by atoms with E-state index in [1.54, 1.807) is 30.2 Å². The zero-order valence-electron chi connectivity index (χ0n) is 14.6. The number of hydrogen-bond acceptors (Lipinski definition) is 4. The average molecular weight is 341 g/mol. The molecule has 7 nitrogen and oxygen atoms in total. The highest BCUT2D eigenvalue weighted by molar-refractivity contribution is 5.94. The molecule has 0 saturated carbocycles. The van der Waals surface area contributed by atoms with Crippen molar-refractivity contribution in [2.75, 3.05) is 33.7 Å². The molecule has 2 aromatic rings. The van der Waals surface area contributed by atoms with Crippen molar-refractivity contribution >= 4 is 11.8 Å². The molecule has 0 unspecified atom stereocenters. The fourth-order valence-electron chi connectivity index (χ4n) is 3.12.